The van der Waals surface area contributed by atoms with Gasteiger partial charge >= 0.3 is 11.4 Å². The zero-order valence-electron chi connectivity index (χ0n) is 16.2. The Hall–Kier alpha value is -4.86. The van der Waals surface area contributed by atoms with Crippen LogP contribution in [0.4, 0.5) is 11.4 Å². The maximum Gasteiger partial charge on any atom is 0.310 e. The number of phenolic OH excluding ortho intramolecular Hbond substituents is 2. The highest BCUT2D eigenvalue weighted by molar-refractivity contribution is 5.85. The first kappa shape index (κ1) is 20.4. The highest BCUT2D eigenvalue weighted by atomic mass is 16.6. The van der Waals surface area contributed by atoms with Gasteiger partial charge in [0.15, 0.2) is 11.5 Å². The normalized spacial score (nSPS) is 10.6. The number of nitro groups is 2. The second-order valence-corrected chi connectivity index (χ2v) is 6.69. The minimum atomic E-state index is -0.688. The molecule has 0 bridgehead atoms. The Bertz CT molecular complexity index is 1260. The lowest BCUT2D eigenvalue weighted by Gasteiger charge is -2.10. The van der Waals surface area contributed by atoms with Crippen molar-refractivity contribution in [2.24, 2.45) is 0 Å². The van der Waals surface area contributed by atoms with E-state index in [4.69, 9.17) is 9.47 Å². The van der Waals surface area contributed by atoms with E-state index in [0.29, 0.717) is 11.5 Å². The Kier molecular flexibility index (Phi) is 5.17. The topological polar surface area (TPSA) is 145 Å². The zero-order chi connectivity index (χ0) is 22.8. The van der Waals surface area contributed by atoms with E-state index in [1.807, 2.05) is 0 Å². The summed E-state index contributed by atoms with van der Waals surface area (Å²) in [7, 11) is 0. The molecule has 10 heteroatoms. The quantitative estimate of drug-likeness (QED) is 0.292. The molecule has 0 saturated heterocycles. The second kappa shape index (κ2) is 8.11. The van der Waals surface area contributed by atoms with Crippen molar-refractivity contribution in [1.82, 2.24) is 0 Å². The largest absolute Gasteiger partial charge is 0.502 e. The van der Waals surface area contributed by atoms with Crippen LogP contribution >= 0.6 is 0 Å². The fourth-order valence-corrected chi connectivity index (χ4v) is 3.04. The highest BCUT2D eigenvalue weighted by Crippen LogP contribution is 2.35. The second-order valence-electron chi connectivity index (χ2n) is 6.69. The van der Waals surface area contributed by atoms with Gasteiger partial charge in [0.1, 0.15) is 23.0 Å². The van der Waals surface area contributed by atoms with Crippen molar-refractivity contribution in [2.45, 2.75) is 0 Å². The van der Waals surface area contributed by atoms with E-state index in [0.717, 1.165) is 22.9 Å². The van der Waals surface area contributed by atoms with E-state index in [-0.39, 0.29) is 11.5 Å². The third kappa shape index (κ3) is 4.19. The SMILES string of the molecule is O=[N+]([O-])c1ccc(Oc2ccc3cc(Oc4ccc([N+](=O)[O-])c(O)c4)ccc3c2)cc1O. The van der Waals surface area contributed by atoms with Crippen LogP contribution in [0, 0.1) is 20.2 Å². The van der Waals surface area contributed by atoms with Crippen LogP contribution < -0.4 is 9.47 Å². The summed E-state index contributed by atoms with van der Waals surface area (Å²) in [5.74, 6) is 0.412. The zero-order valence-corrected chi connectivity index (χ0v) is 16.2. The number of hydrogen-bond acceptors (Lipinski definition) is 8. The van der Waals surface area contributed by atoms with Crippen LogP contribution in [0.1, 0.15) is 0 Å². The fraction of sp³-hybridized carbons (Fsp3) is 0. The number of nitrogens with zero attached hydrogens (tertiary/aromatic N) is 2. The Morgan fingerprint density at radius 1 is 0.562 bits per heavy atom. The number of ether oxygens (including phenoxy) is 2. The van der Waals surface area contributed by atoms with Gasteiger partial charge in [0, 0.05) is 24.3 Å². The summed E-state index contributed by atoms with van der Waals surface area (Å²) in [6.45, 7) is 0. The van der Waals surface area contributed by atoms with Gasteiger partial charge in [-0.15, -0.1) is 0 Å². The van der Waals surface area contributed by atoms with E-state index in [1.54, 1.807) is 36.4 Å². The van der Waals surface area contributed by atoms with Crippen LogP contribution in [0.25, 0.3) is 10.8 Å². The average Bonchev–Trinajstić information content (AvgIpc) is 2.73. The number of rotatable bonds is 6. The predicted molar refractivity (Wildman–Crippen MR) is 114 cm³/mol. The molecule has 0 aromatic heterocycles. The summed E-state index contributed by atoms with van der Waals surface area (Å²) < 4.78 is 11.3. The maximum absolute atomic E-state index is 10.8. The van der Waals surface area contributed by atoms with Crippen LogP contribution in [0.15, 0.2) is 72.8 Å². The molecule has 0 aliphatic carbocycles. The number of aromatic hydroxyl groups is 2. The first-order chi connectivity index (χ1) is 15.3. The molecule has 0 aliphatic heterocycles. The lowest BCUT2D eigenvalue weighted by Crippen LogP contribution is -1.90. The summed E-state index contributed by atoms with van der Waals surface area (Å²) in [5, 5.41) is 42.7. The lowest BCUT2D eigenvalue weighted by molar-refractivity contribution is -0.386. The third-order valence-corrected chi connectivity index (χ3v) is 4.54. The average molecular weight is 434 g/mol. The molecule has 10 nitrogen and oxygen atoms in total. The van der Waals surface area contributed by atoms with Gasteiger partial charge in [-0.2, -0.15) is 0 Å². The van der Waals surface area contributed by atoms with Crippen molar-refractivity contribution >= 4 is 22.1 Å². The number of nitro benzene ring substituents is 2. The van der Waals surface area contributed by atoms with Gasteiger partial charge in [-0.25, -0.2) is 0 Å². The molecule has 4 rings (SSSR count). The molecule has 0 saturated carbocycles. The maximum atomic E-state index is 10.8. The summed E-state index contributed by atoms with van der Waals surface area (Å²) in [6.07, 6.45) is 0. The van der Waals surface area contributed by atoms with Gasteiger partial charge in [0.05, 0.1) is 9.85 Å². The predicted octanol–water partition coefficient (Wildman–Crippen LogP) is 5.65. The van der Waals surface area contributed by atoms with Crippen LogP contribution in [0.2, 0.25) is 0 Å². The molecule has 0 aliphatic rings. The Morgan fingerprint density at radius 2 is 0.906 bits per heavy atom. The van der Waals surface area contributed by atoms with Crippen molar-refractivity contribution in [2.75, 3.05) is 0 Å². The van der Waals surface area contributed by atoms with Gasteiger partial charge < -0.3 is 19.7 Å². The minimum absolute atomic E-state index is 0.241. The molecule has 4 aromatic carbocycles. The van der Waals surface area contributed by atoms with Crippen LogP contribution in [0.5, 0.6) is 34.5 Å². The van der Waals surface area contributed by atoms with Crippen molar-refractivity contribution in [3.63, 3.8) is 0 Å². The molecule has 4 aromatic rings. The molecule has 0 unspecified atom stereocenters. The molecule has 160 valence electrons. The number of fused-ring (bicyclic) bond motifs is 1. The van der Waals surface area contributed by atoms with E-state index in [9.17, 15) is 30.4 Å². The molecule has 32 heavy (non-hydrogen) atoms. The van der Waals surface area contributed by atoms with Gasteiger partial charge in [0.25, 0.3) is 0 Å². The molecule has 0 radical (unpaired) electrons. The number of hydrogen-bond donors (Lipinski definition) is 2. The van der Waals surface area contributed by atoms with Crippen molar-refractivity contribution in [3.05, 3.63) is 93.0 Å². The summed E-state index contributed by atoms with van der Waals surface area (Å²) in [4.78, 5) is 20.2. The molecule has 0 amide bonds. The summed E-state index contributed by atoms with van der Waals surface area (Å²) in [5.41, 5.74) is -0.825. The van der Waals surface area contributed by atoms with Gasteiger partial charge in [0.2, 0.25) is 0 Å². The van der Waals surface area contributed by atoms with Gasteiger partial charge in [-0.1, -0.05) is 12.1 Å². The molecular weight excluding hydrogens is 420 g/mol. The smallest absolute Gasteiger partial charge is 0.310 e. The highest BCUT2D eigenvalue weighted by Gasteiger charge is 2.15. The van der Waals surface area contributed by atoms with E-state index in [2.05, 4.69) is 0 Å². The van der Waals surface area contributed by atoms with Gasteiger partial charge in [-0.05, 0) is 47.2 Å². The molecule has 0 atom stereocenters. The Labute approximate surface area is 179 Å². The number of benzene rings is 4. The van der Waals surface area contributed by atoms with Crippen LogP contribution in [-0.2, 0) is 0 Å². The van der Waals surface area contributed by atoms with Crippen LogP contribution in [-0.4, -0.2) is 20.1 Å². The minimum Gasteiger partial charge on any atom is -0.502 e. The first-order valence-corrected chi connectivity index (χ1v) is 9.14. The lowest BCUT2D eigenvalue weighted by atomic mass is 10.1. The Balaban J connectivity index is 1.53. The van der Waals surface area contributed by atoms with Crippen molar-refractivity contribution in [1.29, 1.82) is 0 Å². The number of phenols is 2. The molecule has 0 spiro atoms. The summed E-state index contributed by atoms with van der Waals surface area (Å²) >= 11 is 0. The standard InChI is InChI=1S/C22H14N2O8/c25-21-11-17(5-7-19(21)23(27)28)31-15-3-1-13-9-16(4-2-14(13)10-15)32-18-6-8-20(24(29)30)22(26)12-18/h1-12,25-26H. The van der Waals surface area contributed by atoms with Crippen molar-refractivity contribution in [3.8, 4) is 34.5 Å². The first-order valence-electron chi connectivity index (χ1n) is 9.14. The third-order valence-electron chi connectivity index (χ3n) is 4.54. The molecule has 0 heterocycles. The molecule has 0 fully saturated rings. The molecule has 2 N–H and O–H groups in total. The van der Waals surface area contributed by atoms with Crippen molar-refractivity contribution < 1.29 is 29.5 Å². The van der Waals surface area contributed by atoms with E-state index in [1.165, 1.54) is 24.3 Å². The summed E-state index contributed by atoms with van der Waals surface area (Å²) in [6, 6.07) is 17.8. The van der Waals surface area contributed by atoms with E-state index < -0.39 is 32.7 Å². The van der Waals surface area contributed by atoms with Gasteiger partial charge in [-0.3, -0.25) is 20.2 Å². The fourth-order valence-electron chi connectivity index (χ4n) is 3.04. The monoisotopic (exact) mass is 434 g/mol. The molecular formula is C22H14N2O8. The Morgan fingerprint density at radius 3 is 1.25 bits per heavy atom. The van der Waals surface area contributed by atoms with Crippen LogP contribution in [0.3, 0.4) is 0 Å². The van der Waals surface area contributed by atoms with E-state index >= 15 is 0 Å².